The van der Waals surface area contributed by atoms with Crippen LogP contribution in [0.4, 0.5) is 4.39 Å². The first-order chi connectivity index (χ1) is 9.04. The van der Waals surface area contributed by atoms with Crippen molar-refractivity contribution in [2.75, 3.05) is 0 Å². The number of ketones is 1. The number of thiophene rings is 1. The first-order valence-electron chi connectivity index (χ1n) is 5.23. The lowest BCUT2D eigenvalue weighted by molar-refractivity contribution is 0.101. The van der Waals surface area contributed by atoms with Gasteiger partial charge in [0.1, 0.15) is 15.7 Å². The molecule has 0 saturated carbocycles. The summed E-state index contributed by atoms with van der Waals surface area (Å²) in [6.45, 7) is 0. The summed E-state index contributed by atoms with van der Waals surface area (Å²) in [4.78, 5) is 12.2. The summed E-state index contributed by atoms with van der Waals surface area (Å²) in [5.41, 5.74) is 0.735. The zero-order chi connectivity index (χ0) is 13.6. The Labute approximate surface area is 121 Å². The maximum atomic E-state index is 13.1. The first kappa shape index (κ1) is 12.7. The molecule has 0 bridgehead atoms. The van der Waals surface area contributed by atoms with Gasteiger partial charge >= 0.3 is 0 Å². The molecule has 0 fully saturated rings. The molecule has 0 unspecified atom stereocenters. The van der Waals surface area contributed by atoms with Crippen LogP contribution >= 0.6 is 34.5 Å². The fraction of sp³-hybridized carbons (Fsp3) is 0. The van der Waals surface area contributed by atoms with Crippen molar-refractivity contribution in [3.63, 3.8) is 0 Å². The molecular formula is C13H5Cl2FO2S. The highest BCUT2D eigenvalue weighted by Gasteiger charge is 2.20. The van der Waals surface area contributed by atoms with E-state index in [0.29, 0.717) is 19.6 Å². The Morgan fingerprint density at radius 3 is 2.68 bits per heavy atom. The number of rotatable bonds is 2. The number of hydrogen-bond acceptors (Lipinski definition) is 3. The minimum absolute atomic E-state index is 0.108. The molecule has 0 aliphatic heterocycles. The van der Waals surface area contributed by atoms with Crippen molar-refractivity contribution < 1.29 is 13.6 Å². The molecule has 3 aromatic rings. The molecule has 19 heavy (non-hydrogen) atoms. The third kappa shape index (κ3) is 2.27. The lowest BCUT2D eigenvalue weighted by Crippen LogP contribution is -1.97. The van der Waals surface area contributed by atoms with Gasteiger partial charge in [0, 0.05) is 5.39 Å². The average molecular weight is 315 g/mol. The van der Waals surface area contributed by atoms with Gasteiger partial charge in [0.15, 0.2) is 5.76 Å². The van der Waals surface area contributed by atoms with Gasteiger partial charge in [-0.2, -0.15) is 0 Å². The minimum Gasteiger partial charge on any atom is -0.453 e. The van der Waals surface area contributed by atoms with Crippen LogP contribution in [0.5, 0.6) is 0 Å². The predicted octanol–water partition coefficient (Wildman–Crippen LogP) is 5.17. The summed E-state index contributed by atoms with van der Waals surface area (Å²) in [6, 6.07) is 7.03. The van der Waals surface area contributed by atoms with Gasteiger partial charge in [-0.1, -0.05) is 23.2 Å². The molecule has 0 aliphatic carbocycles. The highest BCUT2D eigenvalue weighted by atomic mass is 35.5. The van der Waals surface area contributed by atoms with Crippen LogP contribution in [0.25, 0.3) is 11.0 Å². The van der Waals surface area contributed by atoms with Crippen molar-refractivity contribution in [1.82, 2.24) is 0 Å². The van der Waals surface area contributed by atoms with Gasteiger partial charge in [-0.3, -0.25) is 4.79 Å². The highest BCUT2D eigenvalue weighted by Crippen LogP contribution is 2.33. The Morgan fingerprint density at radius 2 is 2.00 bits per heavy atom. The predicted molar refractivity (Wildman–Crippen MR) is 73.9 cm³/mol. The van der Waals surface area contributed by atoms with Crippen LogP contribution in [0.3, 0.4) is 0 Å². The van der Waals surface area contributed by atoms with Gasteiger partial charge in [0.25, 0.3) is 0 Å². The van der Waals surface area contributed by atoms with Crippen molar-refractivity contribution in [1.29, 1.82) is 0 Å². The van der Waals surface area contributed by atoms with E-state index in [4.69, 9.17) is 27.6 Å². The molecule has 6 heteroatoms. The van der Waals surface area contributed by atoms with Gasteiger partial charge in [0.2, 0.25) is 5.78 Å². The third-order valence-electron chi connectivity index (χ3n) is 2.60. The fourth-order valence-electron chi connectivity index (χ4n) is 1.75. The van der Waals surface area contributed by atoms with E-state index in [1.165, 1.54) is 30.3 Å². The van der Waals surface area contributed by atoms with Crippen molar-refractivity contribution in [3.8, 4) is 0 Å². The second-order valence-electron chi connectivity index (χ2n) is 3.86. The van der Waals surface area contributed by atoms with Gasteiger partial charge < -0.3 is 4.42 Å². The second-order valence-corrected chi connectivity index (χ2v) is 6.15. The summed E-state index contributed by atoms with van der Waals surface area (Å²) in [5.74, 6) is -0.648. The van der Waals surface area contributed by atoms with Crippen LogP contribution in [0.1, 0.15) is 16.1 Å². The van der Waals surface area contributed by atoms with E-state index in [0.717, 1.165) is 11.3 Å². The Kier molecular flexibility index (Phi) is 3.09. The summed E-state index contributed by atoms with van der Waals surface area (Å²) in [6.07, 6.45) is 0. The molecule has 0 amide bonds. The topological polar surface area (TPSA) is 30.2 Å². The summed E-state index contributed by atoms with van der Waals surface area (Å²) >= 11 is 12.8. The number of carbonyl (C=O) groups is 1. The number of halogens is 3. The fourth-order valence-corrected chi connectivity index (χ4v) is 3.21. The van der Waals surface area contributed by atoms with E-state index < -0.39 is 0 Å². The molecule has 1 aromatic carbocycles. The molecular weight excluding hydrogens is 310 g/mol. The molecule has 0 saturated heterocycles. The molecule has 2 aromatic heterocycles. The molecule has 0 spiro atoms. The SMILES string of the molecule is O=C(c1cc2cc(F)ccc2o1)c1cc(Cl)sc1Cl. The molecule has 0 radical (unpaired) electrons. The number of furan rings is 1. The lowest BCUT2D eigenvalue weighted by atomic mass is 10.1. The van der Waals surface area contributed by atoms with Crippen LogP contribution < -0.4 is 0 Å². The summed E-state index contributed by atoms with van der Waals surface area (Å²) in [5, 5.41) is 0.529. The first-order valence-corrected chi connectivity index (χ1v) is 6.80. The summed E-state index contributed by atoms with van der Waals surface area (Å²) in [7, 11) is 0. The van der Waals surface area contributed by atoms with E-state index in [2.05, 4.69) is 0 Å². The summed E-state index contributed by atoms with van der Waals surface area (Å²) < 4.78 is 19.2. The maximum absolute atomic E-state index is 13.1. The highest BCUT2D eigenvalue weighted by molar-refractivity contribution is 7.20. The van der Waals surface area contributed by atoms with Crippen LogP contribution in [0, 0.1) is 5.82 Å². The van der Waals surface area contributed by atoms with E-state index in [1.807, 2.05) is 0 Å². The average Bonchev–Trinajstić information content (AvgIpc) is 2.91. The lowest BCUT2D eigenvalue weighted by Gasteiger charge is -1.93. The van der Waals surface area contributed by atoms with E-state index in [9.17, 15) is 9.18 Å². The van der Waals surface area contributed by atoms with Gasteiger partial charge in [-0.15, -0.1) is 11.3 Å². The molecule has 0 atom stereocenters. The van der Waals surface area contributed by atoms with Gasteiger partial charge in [-0.05, 0) is 30.3 Å². The maximum Gasteiger partial charge on any atom is 0.230 e. The molecule has 96 valence electrons. The molecule has 2 heterocycles. The van der Waals surface area contributed by atoms with Crippen LogP contribution in [0.2, 0.25) is 8.67 Å². The van der Waals surface area contributed by atoms with Crippen molar-refractivity contribution >= 4 is 51.3 Å². The molecule has 0 N–H and O–H groups in total. The Morgan fingerprint density at radius 1 is 1.21 bits per heavy atom. The number of hydrogen-bond donors (Lipinski definition) is 0. The van der Waals surface area contributed by atoms with Crippen molar-refractivity contribution in [3.05, 3.63) is 56.1 Å². The Hall–Kier alpha value is -1.36. The standard InChI is InChI=1S/C13H5Cl2FO2S/c14-11-5-8(13(15)19-11)12(17)10-4-6-3-7(16)1-2-9(6)18-10/h1-5H. The second kappa shape index (κ2) is 4.63. The largest absolute Gasteiger partial charge is 0.453 e. The molecule has 3 rings (SSSR count). The quantitative estimate of drug-likeness (QED) is 0.611. The van der Waals surface area contributed by atoms with Gasteiger partial charge in [-0.25, -0.2) is 4.39 Å². The van der Waals surface area contributed by atoms with Crippen molar-refractivity contribution in [2.24, 2.45) is 0 Å². The number of fused-ring (bicyclic) bond motifs is 1. The van der Waals surface area contributed by atoms with E-state index >= 15 is 0 Å². The minimum atomic E-state index is -0.385. The number of benzene rings is 1. The molecule has 2 nitrogen and oxygen atoms in total. The zero-order valence-corrected chi connectivity index (χ0v) is 11.6. The normalized spacial score (nSPS) is 11.1. The smallest absolute Gasteiger partial charge is 0.230 e. The van der Waals surface area contributed by atoms with Crippen LogP contribution in [-0.2, 0) is 0 Å². The Balaban J connectivity index is 2.09. The van der Waals surface area contributed by atoms with Crippen LogP contribution in [0.15, 0.2) is 34.7 Å². The number of carbonyl (C=O) groups excluding carboxylic acids is 1. The zero-order valence-electron chi connectivity index (χ0n) is 9.25. The third-order valence-corrected chi connectivity index (χ3v) is 4.09. The molecule has 0 aliphatic rings. The van der Waals surface area contributed by atoms with E-state index in [1.54, 1.807) is 0 Å². The Bertz CT molecular complexity index is 791. The van der Waals surface area contributed by atoms with E-state index in [-0.39, 0.29) is 22.9 Å². The van der Waals surface area contributed by atoms with Crippen molar-refractivity contribution in [2.45, 2.75) is 0 Å². The van der Waals surface area contributed by atoms with Gasteiger partial charge in [0.05, 0.1) is 9.90 Å². The monoisotopic (exact) mass is 314 g/mol. The van der Waals surface area contributed by atoms with Crippen LogP contribution in [-0.4, -0.2) is 5.78 Å².